The number of nitrogen functional groups attached to an aromatic ring is 2. The van der Waals surface area contributed by atoms with Gasteiger partial charge in [0, 0.05) is 19.8 Å². The SMILES string of the molecule is C=NN1CCC(CN=C(N)NC(=O)c2nc(Cl)c(N)nc2N)CC1C(N)=O. The van der Waals surface area contributed by atoms with Crippen molar-refractivity contribution < 1.29 is 9.59 Å². The molecule has 12 nitrogen and oxygen atoms in total. The zero-order valence-electron chi connectivity index (χ0n) is 14.4. The fourth-order valence-electron chi connectivity index (χ4n) is 2.68. The van der Waals surface area contributed by atoms with Crippen molar-refractivity contribution in [2.24, 2.45) is 27.5 Å². The number of nitrogens with two attached hydrogens (primary N) is 4. The van der Waals surface area contributed by atoms with Gasteiger partial charge in [0.1, 0.15) is 6.04 Å². The largest absolute Gasteiger partial charge is 0.382 e. The van der Waals surface area contributed by atoms with E-state index < -0.39 is 17.9 Å². The number of nitrogens with zero attached hydrogens (tertiary/aromatic N) is 5. The van der Waals surface area contributed by atoms with Crippen molar-refractivity contribution in [1.82, 2.24) is 20.3 Å². The molecular formula is C14H21ClN10O2. The number of primary amides is 1. The van der Waals surface area contributed by atoms with E-state index in [1.165, 1.54) is 0 Å². The quantitative estimate of drug-likeness (QED) is 0.292. The molecule has 0 saturated carbocycles. The molecule has 1 aromatic heterocycles. The fourth-order valence-corrected chi connectivity index (χ4v) is 2.80. The Morgan fingerprint density at radius 2 is 2.00 bits per heavy atom. The van der Waals surface area contributed by atoms with Crippen LogP contribution in [0.3, 0.4) is 0 Å². The van der Waals surface area contributed by atoms with E-state index in [1.807, 2.05) is 0 Å². The van der Waals surface area contributed by atoms with Crippen LogP contribution >= 0.6 is 11.6 Å². The molecule has 0 spiro atoms. The predicted octanol–water partition coefficient (Wildman–Crippen LogP) is -1.48. The number of carbonyl (C=O) groups excluding carboxylic acids is 2. The number of halogens is 1. The van der Waals surface area contributed by atoms with Gasteiger partial charge in [0.15, 0.2) is 28.4 Å². The first-order valence-electron chi connectivity index (χ1n) is 7.95. The Morgan fingerprint density at radius 1 is 1.30 bits per heavy atom. The van der Waals surface area contributed by atoms with Gasteiger partial charge >= 0.3 is 0 Å². The van der Waals surface area contributed by atoms with E-state index in [0.29, 0.717) is 19.5 Å². The van der Waals surface area contributed by atoms with Crippen molar-refractivity contribution in [3.63, 3.8) is 0 Å². The molecular weight excluding hydrogens is 376 g/mol. The highest BCUT2D eigenvalue weighted by molar-refractivity contribution is 6.31. The summed E-state index contributed by atoms with van der Waals surface area (Å²) >= 11 is 5.74. The number of aromatic nitrogens is 2. The Balaban J connectivity index is 1.98. The maximum absolute atomic E-state index is 12.2. The number of carbonyl (C=O) groups is 2. The number of guanidine groups is 1. The zero-order chi connectivity index (χ0) is 20.1. The Bertz CT molecular complexity index is 783. The lowest BCUT2D eigenvalue weighted by Gasteiger charge is -2.35. The molecule has 2 rings (SSSR count). The molecule has 146 valence electrons. The van der Waals surface area contributed by atoms with Crippen LogP contribution in [0.5, 0.6) is 0 Å². The molecule has 1 fully saturated rings. The summed E-state index contributed by atoms with van der Waals surface area (Å²) < 4.78 is 0. The van der Waals surface area contributed by atoms with Crippen LogP contribution in [-0.2, 0) is 4.79 Å². The van der Waals surface area contributed by atoms with Crippen molar-refractivity contribution in [1.29, 1.82) is 0 Å². The molecule has 27 heavy (non-hydrogen) atoms. The first-order valence-corrected chi connectivity index (χ1v) is 8.33. The zero-order valence-corrected chi connectivity index (χ0v) is 15.2. The van der Waals surface area contributed by atoms with Gasteiger partial charge in [-0.15, -0.1) is 0 Å². The van der Waals surface area contributed by atoms with Crippen molar-refractivity contribution in [2.75, 3.05) is 24.6 Å². The Kier molecular flexibility index (Phi) is 6.34. The molecule has 9 N–H and O–H groups in total. The average Bonchev–Trinajstić information content (AvgIpc) is 2.62. The monoisotopic (exact) mass is 396 g/mol. The summed E-state index contributed by atoms with van der Waals surface area (Å²) in [6, 6.07) is -0.542. The van der Waals surface area contributed by atoms with Gasteiger partial charge in [0.05, 0.1) is 0 Å². The number of amides is 2. The van der Waals surface area contributed by atoms with Gasteiger partial charge in [-0.25, -0.2) is 9.97 Å². The molecule has 0 bridgehead atoms. The maximum Gasteiger partial charge on any atom is 0.280 e. The lowest BCUT2D eigenvalue weighted by molar-refractivity contribution is -0.125. The highest BCUT2D eigenvalue weighted by atomic mass is 35.5. The van der Waals surface area contributed by atoms with E-state index >= 15 is 0 Å². The average molecular weight is 397 g/mol. The van der Waals surface area contributed by atoms with Crippen LogP contribution in [0.25, 0.3) is 0 Å². The fraction of sp³-hybridized carbons (Fsp3) is 0.429. The molecule has 1 saturated heterocycles. The summed E-state index contributed by atoms with van der Waals surface area (Å²) in [5, 5.41) is 7.56. The number of aliphatic imine (C=N–C) groups is 1. The summed E-state index contributed by atoms with van der Waals surface area (Å²) in [4.78, 5) is 35.3. The Hall–Kier alpha value is -3.15. The van der Waals surface area contributed by atoms with Crippen LogP contribution in [0, 0.1) is 5.92 Å². The molecule has 1 aliphatic rings. The van der Waals surface area contributed by atoms with Gasteiger partial charge in [-0.3, -0.25) is 24.9 Å². The van der Waals surface area contributed by atoms with Gasteiger partial charge in [0.2, 0.25) is 5.91 Å². The second-order valence-electron chi connectivity index (χ2n) is 5.93. The van der Waals surface area contributed by atoms with Crippen LogP contribution < -0.4 is 28.3 Å². The van der Waals surface area contributed by atoms with Crippen molar-refractivity contribution in [2.45, 2.75) is 18.9 Å². The number of piperidine rings is 1. The van der Waals surface area contributed by atoms with Gasteiger partial charge in [-0.2, -0.15) is 5.10 Å². The normalized spacial score (nSPS) is 20.2. The highest BCUT2D eigenvalue weighted by Crippen LogP contribution is 2.23. The highest BCUT2D eigenvalue weighted by Gasteiger charge is 2.31. The third-order valence-electron chi connectivity index (χ3n) is 4.07. The first-order chi connectivity index (χ1) is 12.7. The molecule has 0 radical (unpaired) electrons. The lowest BCUT2D eigenvalue weighted by atomic mass is 9.91. The standard InChI is InChI=1S/C14H21ClN10O2/c1-20-25-3-2-6(4-7(25)12(18)26)5-21-14(19)24-13(27)8-10(16)23-11(17)9(15)22-8/h6-7H,1-5H2,(H2,18,26)(H4,16,17,23)(H3,19,21,24,27). The van der Waals surface area contributed by atoms with Crippen molar-refractivity contribution in [3.8, 4) is 0 Å². The molecule has 2 amide bonds. The predicted molar refractivity (Wildman–Crippen MR) is 102 cm³/mol. The first kappa shape index (κ1) is 20.2. The Morgan fingerprint density at radius 3 is 2.63 bits per heavy atom. The Labute approximate surface area is 160 Å². The molecule has 1 aliphatic heterocycles. The number of hydrazone groups is 1. The van der Waals surface area contributed by atoms with E-state index in [4.69, 9.17) is 34.5 Å². The van der Waals surface area contributed by atoms with E-state index in [9.17, 15) is 9.59 Å². The third kappa shape index (κ3) is 4.94. The third-order valence-corrected chi connectivity index (χ3v) is 4.35. The minimum absolute atomic E-state index is 0.0479. The summed E-state index contributed by atoms with van der Waals surface area (Å²) in [6.07, 6.45) is 1.19. The van der Waals surface area contributed by atoms with Gasteiger partial charge < -0.3 is 22.9 Å². The number of anilines is 2. The molecule has 13 heteroatoms. The minimum atomic E-state index is -0.719. The number of hydrogen-bond donors (Lipinski definition) is 5. The van der Waals surface area contributed by atoms with Gasteiger partial charge in [0.25, 0.3) is 5.91 Å². The molecule has 1 aromatic rings. The maximum atomic E-state index is 12.2. The van der Waals surface area contributed by atoms with E-state index in [0.717, 1.165) is 6.42 Å². The van der Waals surface area contributed by atoms with E-state index in [2.05, 4.69) is 32.1 Å². The van der Waals surface area contributed by atoms with E-state index in [1.54, 1.807) is 5.01 Å². The second-order valence-corrected chi connectivity index (χ2v) is 6.28. The van der Waals surface area contributed by atoms with E-state index in [-0.39, 0.29) is 34.4 Å². The van der Waals surface area contributed by atoms with Crippen molar-refractivity contribution in [3.05, 3.63) is 10.8 Å². The van der Waals surface area contributed by atoms with Crippen LogP contribution in [0.2, 0.25) is 5.15 Å². The number of nitrogens with one attached hydrogen (secondary N) is 1. The van der Waals surface area contributed by atoms with Crippen LogP contribution in [-0.4, -0.2) is 58.6 Å². The van der Waals surface area contributed by atoms with Crippen LogP contribution in [0.4, 0.5) is 11.6 Å². The molecule has 2 heterocycles. The summed E-state index contributed by atoms with van der Waals surface area (Å²) in [5.41, 5.74) is 22.0. The number of rotatable bonds is 5. The molecule has 0 aromatic carbocycles. The molecule has 2 atom stereocenters. The minimum Gasteiger partial charge on any atom is -0.382 e. The van der Waals surface area contributed by atoms with Crippen molar-refractivity contribution >= 4 is 47.7 Å². The summed E-state index contributed by atoms with van der Waals surface area (Å²) in [6.45, 7) is 4.25. The molecule has 2 unspecified atom stereocenters. The summed E-state index contributed by atoms with van der Waals surface area (Å²) in [7, 11) is 0. The second kappa shape index (κ2) is 8.49. The molecule has 0 aliphatic carbocycles. The van der Waals surface area contributed by atoms with Gasteiger partial charge in [-0.1, -0.05) is 11.6 Å². The number of hydrogen-bond acceptors (Lipinski definition) is 9. The van der Waals surface area contributed by atoms with Crippen LogP contribution in [0.15, 0.2) is 10.1 Å². The van der Waals surface area contributed by atoms with Gasteiger partial charge in [-0.05, 0) is 18.8 Å². The van der Waals surface area contributed by atoms with Crippen LogP contribution in [0.1, 0.15) is 23.3 Å². The lowest BCUT2D eigenvalue weighted by Crippen LogP contribution is -2.47. The summed E-state index contributed by atoms with van der Waals surface area (Å²) in [5.74, 6) is -1.55. The smallest absolute Gasteiger partial charge is 0.280 e. The topological polar surface area (TPSA) is 204 Å².